The summed E-state index contributed by atoms with van der Waals surface area (Å²) in [5.41, 5.74) is -1.29. The molecule has 1 aliphatic heterocycles. The van der Waals surface area contributed by atoms with Crippen molar-refractivity contribution >= 4 is 25.2 Å². The largest absolute Gasteiger partial charge is 0.432 e. The average molecular weight is 540 g/mol. The van der Waals surface area contributed by atoms with Crippen molar-refractivity contribution in [3.63, 3.8) is 0 Å². The molecule has 0 bridgehead atoms. The zero-order valence-corrected chi connectivity index (χ0v) is 22.6. The minimum absolute atomic E-state index is 0.0792. The number of aryl methyl sites for hydroxylation is 1. The van der Waals surface area contributed by atoms with Crippen LogP contribution in [0.15, 0.2) is 58.3 Å². The number of aromatic nitrogens is 2. The second-order valence-electron chi connectivity index (χ2n) is 9.62. The van der Waals surface area contributed by atoms with E-state index >= 15 is 0 Å². The van der Waals surface area contributed by atoms with Crippen molar-refractivity contribution in [1.29, 1.82) is 0 Å². The van der Waals surface area contributed by atoms with Gasteiger partial charge in [0.05, 0.1) is 13.2 Å². The number of aliphatic hydroxyl groups excluding tert-OH is 1. The van der Waals surface area contributed by atoms with E-state index in [0.717, 1.165) is 5.75 Å². The molecule has 0 amide bonds. The maximum Gasteiger partial charge on any atom is 0.432 e. The number of hydrogen-bond donors (Lipinski definition) is 3. The fraction of sp³-hybridized carbons (Fsp3) is 0.500. The van der Waals surface area contributed by atoms with E-state index in [1.165, 1.54) is 10.8 Å². The highest BCUT2D eigenvalue weighted by atomic mass is 32.2. The van der Waals surface area contributed by atoms with Crippen molar-refractivity contribution in [2.24, 2.45) is 5.41 Å². The summed E-state index contributed by atoms with van der Waals surface area (Å²) in [4.78, 5) is 26.2. The Balaban J connectivity index is 1.64. The SMILES string of the molecule is Cc1cn([C@H]2C=C[C@@](C)(COP(=O)(Nc3ccccc3)OCCSCC(C)(C)CO)O2)c(=O)[nH]c1=O. The molecule has 198 valence electrons. The van der Waals surface area contributed by atoms with E-state index in [2.05, 4.69) is 10.1 Å². The summed E-state index contributed by atoms with van der Waals surface area (Å²) in [6, 6.07) is 8.96. The number of aromatic amines is 1. The number of thioether (sulfide) groups is 1. The van der Waals surface area contributed by atoms with Gasteiger partial charge in [0.2, 0.25) is 0 Å². The van der Waals surface area contributed by atoms with Crippen molar-refractivity contribution in [2.45, 2.75) is 39.5 Å². The number of nitrogens with one attached hydrogen (secondary N) is 2. The second kappa shape index (κ2) is 11.9. The van der Waals surface area contributed by atoms with Gasteiger partial charge in [0.25, 0.3) is 5.56 Å². The van der Waals surface area contributed by atoms with E-state index in [-0.39, 0.29) is 25.2 Å². The normalized spacial score (nSPS) is 21.4. The molecule has 1 aromatic heterocycles. The number of hydrogen-bond acceptors (Lipinski definition) is 8. The van der Waals surface area contributed by atoms with Gasteiger partial charge in [-0.15, -0.1) is 0 Å². The fourth-order valence-corrected chi connectivity index (χ4v) is 5.78. The van der Waals surface area contributed by atoms with Crippen LogP contribution in [-0.4, -0.2) is 51.6 Å². The van der Waals surface area contributed by atoms with Gasteiger partial charge in [0, 0.05) is 35.6 Å². The van der Waals surface area contributed by atoms with Crippen LogP contribution < -0.4 is 16.3 Å². The quantitative estimate of drug-likeness (QED) is 0.198. The number of nitrogens with zero attached hydrogens (tertiary/aromatic N) is 1. The van der Waals surface area contributed by atoms with E-state index in [9.17, 15) is 19.3 Å². The Hall–Kier alpha value is -2.14. The van der Waals surface area contributed by atoms with Gasteiger partial charge in [0.1, 0.15) is 5.60 Å². The molecule has 0 aliphatic carbocycles. The van der Waals surface area contributed by atoms with Crippen LogP contribution in [0.1, 0.15) is 32.6 Å². The van der Waals surface area contributed by atoms with Crippen LogP contribution in [0, 0.1) is 12.3 Å². The Bertz CT molecular complexity index is 1210. The predicted molar refractivity (Wildman–Crippen MR) is 141 cm³/mol. The molecule has 3 rings (SSSR count). The highest BCUT2D eigenvalue weighted by Crippen LogP contribution is 2.49. The lowest BCUT2D eigenvalue weighted by atomic mass is 9.98. The lowest BCUT2D eigenvalue weighted by Gasteiger charge is -2.28. The first-order valence-electron chi connectivity index (χ1n) is 11.5. The summed E-state index contributed by atoms with van der Waals surface area (Å²) < 4.78 is 32.4. The molecule has 3 atom stereocenters. The highest BCUT2D eigenvalue weighted by Gasteiger charge is 2.36. The third-order valence-electron chi connectivity index (χ3n) is 5.39. The molecule has 0 fully saturated rings. The van der Waals surface area contributed by atoms with Gasteiger partial charge in [-0.1, -0.05) is 38.1 Å². The average Bonchev–Trinajstić information content (AvgIpc) is 3.23. The second-order valence-corrected chi connectivity index (χ2v) is 12.5. The number of anilines is 1. The Kier molecular flexibility index (Phi) is 9.43. The van der Waals surface area contributed by atoms with Gasteiger partial charge in [-0.2, -0.15) is 11.8 Å². The first-order valence-corrected chi connectivity index (χ1v) is 14.2. The lowest BCUT2D eigenvalue weighted by Crippen LogP contribution is -2.36. The standard InChI is InChI=1S/C24H34N3O7PS/c1-18-14-27(22(30)25-21(18)29)20-10-11-24(4,34-20)16-33-35(31,26-19-8-6-5-7-9-19)32-12-13-36-17-23(2,3)15-28/h5-11,14,20,28H,12-13,15-17H2,1-4H3,(H,26,31)(H,25,29,30)/t20-,24+,35?/m1/s1. The van der Waals surface area contributed by atoms with Gasteiger partial charge in [-0.3, -0.25) is 28.5 Å². The summed E-state index contributed by atoms with van der Waals surface area (Å²) in [5.74, 6) is 1.29. The van der Waals surface area contributed by atoms with Gasteiger partial charge < -0.3 is 9.84 Å². The van der Waals surface area contributed by atoms with Crippen LogP contribution in [0.2, 0.25) is 0 Å². The maximum absolute atomic E-state index is 13.6. The van der Waals surface area contributed by atoms with Gasteiger partial charge >= 0.3 is 13.4 Å². The van der Waals surface area contributed by atoms with E-state index in [1.807, 2.05) is 19.9 Å². The van der Waals surface area contributed by atoms with E-state index in [1.54, 1.807) is 62.0 Å². The maximum atomic E-state index is 13.6. The highest BCUT2D eigenvalue weighted by molar-refractivity contribution is 7.99. The number of para-hydroxylation sites is 1. The minimum atomic E-state index is -3.78. The molecule has 1 aromatic carbocycles. The van der Waals surface area contributed by atoms with Crippen LogP contribution in [-0.2, 0) is 18.3 Å². The molecule has 1 unspecified atom stereocenters. The minimum Gasteiger partial charge on any atom is -0.396 e. The van der Waals surface area contributed by atoms with E-state index in [0.29, 0.717) is 17.0 Å². The molecule has 0 spiro atoms. The van der Waals surface area contributed by atoms with Crippen LogP contribution in [0.4, 0.5) is 5.69 Å². The molecule has 1 aliphatic rings. The summed E-state index contributed by atoms with van der Waals surface area (Å²) in [6.45, 7) is 7.42. The van der Waals surface area contributed by atoms with Gasteiger partial charge in [0.15, 0.2) is 6.23 Å². The van der Waals surface area contributed by atoms with Crippen LogP contribution in [0.25, 0.3) is 0 Å². The Morgan fingerprint density at radius 3 is 2.69 bits per heavy atom. The smallest absolute Gasteiger partial charge is 0.396 e. The zero-order valence-electron chi connectivity index (χ0n) is 20.9. The van der Waals surface area contributed by atoms with Crippen molar-refractivity contribution in [1.82, 2.24) is 9.55 Å². The Morgan fingerprint density at radius 1 is 1.28 bits per heavy atom. The summed E-state index contributed by atoms with van der Waals surface area (Å²) in [5, 5.41) is 12.3. The van der Waals surface area contributed by atoms with Crippen molar-refractivity contribution in [3.8, 4) is 0 Å². The molecule has 2 aromatic rings. The number of H-pyrrole nitrogens is 1. The topological polar surface area (TPSA) is 132 Å². The molecule has 36 heavy (non-hydrogen) atoms. The number of aliphatic hydroxyl groups is 1. The summed E-state index contributed by atoms with van der Waals surface area (Å²) in [7, 11) is -3.78. The molecule has 0 radical (unpaired) electrons. The predicted octanol–water partition coefficient (Wildman–Crippen LogP) is 3.69. The molecule has 0 saturated heterocycles. The molecule has 0 saturated carbocycles. The Labute approximate surface area is 214 Å². The third-order valence-corrected chi connectivity index (χ3v) is 8.36. The third kappa shape index (κ3) is 7.93. The van der Waals surface area contributed by atoms with Crippen molar-refractivity contribution in [2.75, 3.05) is 36.4 Å². The first-order chi connectivity index (χ1) is 16.9. The van der Waals surface area contributed by atoms with Crippen LogP contribution >= 0.6 is 19.5 Å². The number of rotatable bonds is 13. The zero-order chi connectivity index (χ0) is 26.4. The first kappa shape index (κ1) is 28.4. The van der Waals surface area contributed by atoms with Crippen LogP contribution in [0.3, 0.4) is 0 Å². The lowest BCUT2D eigenvalue weighted by molar-refractivity contribution is -0.0698. The number of ether oxygens (including phenoxy) is 1. The van der Waals surface area contributed by atoms with Gasteiger partial charge in [-0.25, -0.2) is 9.36 Å². The Morgan fingerprint density at radius 2 is 2.00 bits per heavy atom. The molecule has 2 heterocycles. The molecular weight excluding hydrogens is 505 g/mol. The summed E-state index contributed by atoms with van der Waals surface area (Å²) >= 11 is 1.59. The van der Waals surface area contributed by atoms with Crippen molar-refractivity contribution in [3.05, 3.63) is 75.1 Å². The molecule has 12 heteroatoms. The molecular formula is C24H34N3O7PS. The molecule has 10 nitrogen and oxygen atoms in total. The monoisotopic (exact) mass is 539 g/mol. The molecule has 3 N–H and O–H groups in total. The summed E-state index contributed by atoms with van der Waals surface area (Å²) in [6.07, 6.45) is 4.09. The number of benzene rings is 1. The van der Waals surface area contributed by atoms with Crippen molar-refractivity contribution < 1.29 is 23.5 Å². The fourth-order valence-electron chi connectivity index (χ4n) is 3.24. The van der Waals surface area contributed by atoms with E-state index < -0.39 is 30.8 Å². The van der Waals surface area contributed by atoms with E-state index in [4.69, 9.17) is 13.8 Å². The van der Waals surface area contributed by atoms with Gasteiger partial charge in [-0.05, 0) is 37.5 Å². The van der Waals surface area contributed by atoms with Crippen LogP contribution in [0.5, 0.6) is 0 Å².